The molecule has 0 saturated heterocycles. The summed E-state index contributed by atoms with van der Waals surface area (Å²) in [6.45, 7) is 14.7. The van der Waals surface area contributed by atoms with Gasteiger partial charge in [0, 0.05) is 23.6 Å². The highest BCUT2D eigenvalue weighted by Gasteiger charge is 2.38. The first-order valence-electron chi connectivity index (χ1n) is 11.4. The van der Waals surface area contributed by atoms with Gasteiger partial charge in [0.05, 0.1) is 12.2 Å². The molecule has 0 unspecified atom stereocenters. The van der Waals surface area contributed by atoms with Gasteiger partial charge < -0.3 is 9.47 Å². The van der Waals surface area contributed by atoms with Gasteiger partial charge in [0.25, 0.3) is 0 Å². The number of hydrogen-bond donors (Lipinski definition) is 0. The maximum Gasteiger partial charge on any atom is 0.134 e. The van der Waals surface area contributed by atoms with Crippen LogP contribution in [0.2, 0.25) is 0 Å². The minimum Gasteiger partial charge on any atom is -0.492 e. The van der Waals surface area contributed by atoms with Crippen LogP contribution in [0.1, 0.15) is 84.8 Å². The third kappa shape index (κ3) is 4.71. The van der Waals surface area contributed by atoms with Crippen LogP contribution in [-0.4, -0.2) is 21.7 Å². The number of alkyl halides is 1. The van der Waals surface area contributed by atoms with Crippen molar-refractivity contribution in [1.29, 1.82) is 0 Å². The summed E-state index contributed by atoms with van der Waals surface area (Å²) in [5.41, 5.74) is 4.00. The standard InChI is InChI=1S/C25H37BrN2O2/c1-7-9-10-11-12-24(3,4)18-15-20(29-14-13-26)22-21(16-18)30-25(5,6)19-17-28(8-2)27-23(19)22/h15-17H,7-14H2,1-6H3. The van der Waals surface area contributed by atoms with Gasteiger partial charge in [-0.3, -0.25) is 4.68 Å². The van der Waals surface area contributed by atoms with Crippen LogP contribution in [0, 0.1) is 0 Å². The highest BCUT2D eigenvalue weighted by atomic mass is 79.9. The summed E-state index contributed by atoms with van der Waals surface area (Å²) in [5, 5.41) is 5.67. The van der Waals surface area contributed by atoms with E-state index in [4.69, 9.17) is 14.6 Å². The minimum atomic E-state index is -0.424. The molecule has 5 heteroatoms. The van der Waals surface area contributed by atoms with Crippen molar-refractivity contribution in [3.63, 3.8) is 0 Å². The first kappa shape index (κ1) is 23.2. The molecular weight excluding hydrogens is 440 g/mol. The van der Waals surface area contributed by atoms with Gasteiger partial charge in [-0.25, -0.2) is 0 Å². The molecular formula is C25H37BrN2O2. The second kappa shape index (κ2) is 9.33. The fraction of sp³-hybridized carbons (Fsp3) is 0.640. The molecule has 0 saturated carbocycles. The summed E-state index contributed by atoms with van der Waals surface area (Å²) < 4.78 is 14.8. The van der Waals surface area contributed by atoms with E-state index in [9.17, 15) is 0 Å². The maximum absolute atomic E-state index is 6.56. The molecule has 166 valence electrons. The molecule has 2 aromatic rings. The molecule has 0 radical (unpaired) electrons. The topological polar surface area (TPSA) is 36.3 Å². The molecule has 3 rings (SSSR count). The Hall–Kier alpha value is -1.49. The first-order chi connectivity index (χ1) is 14.2. The van der Waals surface area contributed by atoms with Crippen LogP contribution in [0.3, 0.4) is 0 Å². The van der Waals surface area contributed by atoms with Gasteiger partial charge >= 0.3 is 0 Å². The number of nitrogens with zero attached hydrogens (tertiary/aromatic N) is 2. The summed E-state index contributed by atoms with van der Waals surface area (Å²) in [4.78, 5) is 0. The quantitative estimate of drug-likeness (QED) is 0.268. The minimum absolute atomic E-state index is 0.0614. The third-order valence-corrected chi connectivity index (χ3v) is 6.50. The second-order valence-corrected chi connectivity index (χ2v) is 10.2. The zero-order valence-corrected chi connectivity index (χ0v) is 21.1. The molecule has 2 heterocycles. The van der Waals surface area contributed by atoms with E-state index in [0.29, 0.717) is 6.61 Å². The summed E-state index contributed by atoms with van der Waals surface area (Å²) in [6.07, 6.45) is 8.37. The van der Waals surface area contributed by atoms with E-state index in [2.05, 4.69) is 75.8 Å². The molecule has 0 amide bonds. The smallest absolute Gasteiger partial charge is 0.134 e. The van der Waals surface area contributed by atoms with Crippen molar-refractivity contribution >= 4 is 15.9 Å². The van der Waals surface area contributed by atoms with E-state index in [0.717, 1.165) is 46.6 Å². The van der Waals surface area contributed by atoms with Crippen LogP contribution < -0.4 is 9.47 Å². The number of rotatable bonds is 10. The average Bonchev–Trinajstić information content (AvgIpc) is 3.14. The molecule has 0 bridgehead atoms. The van der Waals surface area contributed by atoms with E-state index in [1.54, 1.807) is 0 Å². The van der Waals surface area contributed by atoms with Gasteiger partial charge in [-0.2, -0.15) is 5.10 Å². The Balaban J connectivity index is 2.06. The van der Waals surface area contributed by atoms with E-state index >= 15 is 0 Å². The molecule has 0 aliphatic carbocycles. The Morgan fingerprint density at radius 2 is 1.93 bits per heavy atom. The Kier molecular flexibility index (Phi) is 7.21. The summed E-state index contributed by atoms with van der Waals surface area (Å²) >= 11 is 3.50. The number of ether oxygens (including phenoxy) is 2. The van der Waals surface area contributed by atoms with E-state index in [1.807, 2.05) is 4.68 Å². The van der Waals surface area contributed by atoms with E-state index in [1.165, 1.54) is 31.2 Å². The number of unbranched alkanes of at least 4 members (excludes halogenated alkanes) is 3. The number of halogens is 1. The van der Waals surface area contributed by atoms with Crippen molar-refractivity contribution in [2.45, 2.75) is 91.2 Å². The van der Waals surface area contributed by atoms with Gasteiger partial charge in [-0.1, -0.05) is 62.4 Å². The number of benzene rings is 1. The molecule has 0 N–H and O–H groups in total. The SMILES string of the molecule is CCCCCCC(C)(C)c1cc(OCCBr)c2c(c1)OC(C)(C)c1cn(CC)nc1-2. The summed E-state index contributed by atoms with van der Waals surface area (Å²) in [6, 6.07) is 4.45. The maximum atomic E-state index is 6.56. The highest BCUT2D eigenvalue weighted by Crippen LogP contribution is 2.50. The molecule has 30 heavy (non-hydrogen) atoms. The van der Waals surface area contributed by atoms with Crippen molar-refractivity contribution in [2.24, 2.45) is 0 Å². The second-order valence-electron chi connectivity index (χ2n) is 9.44. The van der Waals surface area contributed by atoms with Crippen molar-refractivity contribution in [3.05, 3.63) is 29.5 Å². The molecule has 4 nitrogen and oxygen atoms in total. The van der Waals surface area contributed by atoms with Gasteiger partial charge in [-0.15, -0.1) is 0 Å². The normalized spacial score (nSPS) is 14.8. The molecule has 1 aromatic heterocycles. The number of fused-ring (bicyclic) bond motifs is 3. The van der Waals surface area contributed by atoms with Crippen molar-refractivity contribution in [1.82, 2.24) is 9.78 Å². The third-order valence-electron chi connectivity index (χ3n) is 6.17. The lowest BCUT2D eigenvalue weighted by molar-refractivity contribution is 0.105. The number of aryl methyl sites for hydroxylation is 1. The number of hydrogen-bond acceptors (Lipinski definition) is 3. The Morgan fingerprint density at radius 1 is 1.17 bits per heavy atom. The Labute approximate surface area is 190 Å². The van der Waals surface area contributed by atoms with Gasteiger partial charge in [-0.05, 0) is 50.3 Å². The van der Waals surface area contributed by atoms with Gasteiger partial charge in [0.1, 0.15) is 22.8 Å². The molecule has 1 aromatic carbocycles. The summed E-state index contributed by atoms with van der Waals surface area (Å²) in [7, 11) is 0. The predicted molar refractivity (Wildman–Crippen MR) is 128 cm³/mol. The monoisotopic (exact) mass is 476 g/mol. The van der Waals surface area contributed by atoms with Gasteiger partial charge in [0.15, 0.2) is 0 Å². The van der Waals surface area contributed by atoms with Crippen molar-refractivity contribution < 1.29 is 9.47 Å². The van der Waals surface area contributed by atoms with Crippen molar-refractivity contribution in [2.75, 3.05) is 11.9 Å². The van der Waals surface area contributed by atoms with Crippen LogP contribution in [-0.2, 0) is 17.6 Å². The lowest BCUT2D eigenvalue weighted by atomic mass is 9.78. The molecule has 1 aliphatic heterocycles. The average molecular weight is 477 g/mol. The molecule has 1 aliphatic rings. The lowest BCUT2D eigenvalue weighted by Crippen LogP contribution is -2.29. The fourth-order valence-corrected chi connectivity index (χ4v) is 4.40. The summed E-state index contributed by atoms with van der Waals surface area (Å²) in [5.74, 6) is 1.76. The van der Waals surface area contributed by atoms with Crippen molar-refractivity contribution in [3.8, 4) is 22.8 Å². The molecule has 0 fully saturated rings. The number of aromatic nitrogens is 2. The van der Waals surface area contributed by atoms with Crippen LogP contribution in [0.5, 0.6) is 11.5 Å². The van der Waals surface area contributed by atoms with Crippen LogP contribution in [0.25, 0.3) is 11.3 Å². The largest absolute Gasteiger partial charge is 0.492 e. The van der Waals surface area contributed by atoms with Gasteiger partial charge in [0.2, 0.25) is 0 Å². The molecule has 0 spiro atoms. The van der Waals surface area contributed by atoms with Crippen LogP contribution >= 0.6 is 15.9 Å². The zero-order valence-electron chi connectivity index (χ0n) is 19.5. The van der Waals surface area contributed by atoms with E-state index < -0.39 is 5.60 Å². The Bertz CT molecular complexity index is 870. The van der Waals surface area contributed by atoms with E-state index in [-0.39, 0.29) is 5.41 Å². The first-order valence-corrected chi connectivity index (χ1v) is 12.5. The fourth-order valence-electron chi connectivity index (χ4n) is 4.23. The highest BCUT2D eigenvalue weighted by molar-refractivity contribution is 9.09. The lowest BCUT2D eigenvalue weighted by Gasteiger charge is -2.35. The zero-order chi connectivity index (χ0) is 21.9. The predicted octanol–water partition coefficient (Wildman–Crippen LogP) is 7.22. The van der Waals surface area contributed by atoms with Crippen LogP contribution in [0.15, 0.2) is 18.3 Å². The molecule has 0 atom stereocenters. The Morgan fingerprint density at radius 3 is 2.60 bits per heavy atom. The van der Waals surface area contributed by atoms with Crippen LogP contribution in [0.4, 0.5) is 0 Å².